The van der Waals surface area contributed by atoms with Gasteiger partial charge in [0.15, 0.2) is 6.29 Å². The van der Waals surface area contributed by atoms with Gasteiger partial charge in [0.25, 0.3) is 0 Å². The van der Waals surface area contributed by atoms with Gasteiger partial charge in [0.2, 0.25) is 0 Å². The van der Waals surface area contributed by atoms with E-state index in [2.05, 4.69) is 0 Å². The van der Waals surface area contributed by atoms with Crippen LogP contribution in [0, 0.1) is 0 Å². The van der Waals surface area contributed by atoms with Gasteiger partial charge in [-0.15, -0.1) is 0 Å². The maximum atomic E-state index is 8.56. The Bertz CT molecular complexity index is 84.4. The first kappa shape index (κ1) is 6.99. The second-order valence-corrected chi connectivity index (χ2v) is 2.22. The maximum absolute atomic E-state index is 8.56. The van der Waals surface area contributed by atoms with Gasteiger partial charge >= 0.3 is 0 Å². The van der Waals surface area contributed by atoms with E-state index in [1.54, 1.807) is 0 Å². The quantitative estimate of drug-likeness (QED) is 0.551. The van der Waals surface area contributed by atoms with Crippen LogP contribution in [-0.2, 0) is 9.47 Å². The molecule has 3 heteroatoms. The number of rotatable bonds is 1. The molecule has 0 spiro atoms. The van der Waals surface area contributed by atoms with E-state index >= 15 is 0 Å². The lowest BCUT2D eigenvalue weighted by atomic mass is 10.3. The Kier molecular flexibility index (Phi) is 2.45. The van der Waals surface area contributed by atoms with Gasteiger partial charge in [-0.3, -0.25) is 0 Å². The fourth-order valence-corrected chi connectivity index (χ4v) is 0.828. The number of aliphatic hydroxyl groups excluding tert-OH is 1. The van der Waals surface area contributed by atoms with Gasteiger partial charge in [0, 0.05) is 0 Å². The Labute approximate surface area is 54.6 Å². The summed E-state index contributed by atoms with van der Waals surface area (Å²) >= 11 is 0. The van der Waals surface area contributed by atoms with E-state index in [0.717, 1.165) is 6.42 Å². The van der Waals surface area contributed by atoms with Crippen molar-refractivity contribution < 1.29 is 14.6 Å². The Morgan fingerprint density at radius 2 is 2.44 bits per heavy atom. The Hall–Kier alpha value is -0.120. The second kappa shape index (κ2) is 3.15. The summed E-state index contributed by atoms with van der Waals surface area (Å²) in [5.41, 5.74) is 0. The summed E-state index contributed by atoms with van der Waals surface area (Å²) in [7, 11) is 0. The van der Waals surface area contributed by atoms with E-state index in [1.165, 1.54) is 0 Å². The van der Waals surface area contributed by atoms with Gasteiger partial charge in [0.1, 0.15) is 0 Å². The van der Waals surface area contributed by atoms with Gasteiger partial charge in [-0.2, -0.15) is 0 Å². The molecule has 2 unspecified atom stereocenters. The van der Waals surface area contributed by atoms with Crippen molar-refractivity contribution in [3.8, 4) is 0 Å². The first-order chi connectivity index (χ1) is 4.33. The molecule has 2 atom stereocenters. The molecular weight excluding hydrogens is 120 g/mol. The SMILES string of the molecule is CC1CCOC(CO)O1. The second-order valence-electron chi connectivity index (χ2n) is 2.22. The van der Waals surface area contributed by atoms with E-state index in [1.807, 2.05) is 6.92 Å². The minimum absolute atomic E-state index is 0.0374. The van der Waals surface area contributed by atoms with Crippen LogP contribution in [0.5, 0.6) is 0 Å². The molecule has 1 heterocycles. The van der Waals surface area contributed by atoms with Gasteiger partial charge in [-0.1, -0.05) is 0 Å². The smallest absolute Gasteiger partial charge is 0.180 e. The fraction of sp³-hybridized carbons (Fsp3) is 1.00. The molecule has 1 fully saturated rings. The molecule has 0 aliphatic carbocycles. The lowest BCUT2D eigenvalue weighted by Gasteiger charge is -2.26. The zero-order valence-electron chi connectivity index (χ0n) is 5.54. The molecule has 0 aromatic carbocycles. The van der Waals surface area contributed by atoms with Crippen LogP contribution in [0.3, 0.4) is 0 Å². The van der Waals surface area contributed by atoms with E-state index in [9.17, 15) is 0 Å². The minimum Gasteiger partial charge on any atom is -0.391 e. The monoisotopic (exact) mass is 132 g/mol. The van der Waals surface area contributed by atoms with Crippen LogP contribution in [0.4, 0.5) is 0 Å². The molecule has 1 N–H and O–H groups in total. The van der Waals surface area contributed by atoms with Crippen molar-refractivity contribution in [3.05, 3.63) is 0 Å². The highest BCUT2D eigenvalue weighted by Crippen LogP contribution is 2.10. The Morgan fingerprint density at radius 3 is 2.89 bits per heavy atom. The number of ether oxygens (including phenoxy) is 2. The molecule has 1 saturated heterocycles. The molecule has 9 heavy (non-hydrogen) atoms. The molecule has 3 nitrogen and oxygen atoms in total. The highest BCUT2D eigenvalue weighted by Gasteiger charge is 2.17. The largest absolute Gasteiger partial charge is 0.391 e. The summed E-state index contributed by atoms with van der Waals surface area (Å²) in [4.78, 5) is 0. The third kappa shape index (κ3) is 1.93. The molecule has 0 aromatic heterocycles. The van der Waals surface area contributed by atoms with Crippen LogP contribution in [0.25, 0.3) is 0 Å². The van der Waals surface area contributed by atoms with E-state index in [0.29, 0.717) is 6.61 Å². The first-order valence-electron chi connectivity index (χ1n) is 3.21. The summed E-state index contributed by atoms with van der Waals surface area (Å²) in [6.45, 7) is 2.64. The molecule has 1 aliphatic rings. The first-order valence-corrected chi connectivity index (χ1v) is 3.21. The van der Waals surface area contributed by atoms with Crippen molar-refractivity contribution in [2.45, 2.75) is 25.7 Å². The zero-order chi connectivity index (χ0) is 6.69. The molecule has 0 bridgehead atoms. The summed E-state index contributed by atoms with van der Waals surface area (Å²) in [6, 6.07) is 0. The highest BCUT2D eigenvalue weighted by molar-refractivity contribution is 4.57. The topological polar surface area (TPSA) is 38.7 Å². The van der Waals surface area contributed by atoms with Gasteiger partial charge in [-0.25, -0.2) is 0 Å². The van der Waals surface area contributed by atoms with Crippen molar-refractivity contribution in [2.75, 3.05) is 13.2 Å². The molecule has 0 aromatic rings. The highest BCUT2D eigenvalue weighted by atomic mass is 16.7. The molecule has 1 aliphatic heterocycles. The maximum Gasteiger partial charge on any atom is 0.180 e. The lowest BCUT2D eigenvalue weighted by molar-refractivity contribution is -0.221. The third-order valence-electron chi connectivity index (χ3n) is 1.36. The van der Waals surface area contributed by atoms with Gasteiger partial charge < -0.3 is 14.6 Å². The minimum atomic E-state index is -0.381. The van der Waals surface area contributed by atoms with Crippen molar-refractivity contribution in [2.24, 2.45) is 0 Å². The number of hydrogen-bond donors (Lipinski definition) is 1. The molecule has 0 amide bonds. The number of hydrogen-bond acceptors (Lipinski definition) is 3. The molecule has 0 radical (unpaired) electrons. The zero-order valence-corrected chi connectivity index (χ0v) is 5.54. The summed E-state index contributed by atoms with van der Waals surface area (Å²) in [5, 5.41) is 8.56. The normalized spacial score (nSPS) is 36.7. The molecular formula is C6H12O3. The van der Waals surface area contributed by atoms with E-state index in [4.69, 9.17) is 14.6 Å². The molecule has 54 valence electrons. The van der Waals surface area contributed by atoms with Crippen LogP contribution >= 0.6 is 0 Å². The lowest BCUT2D eigenvalue weighted by Crippen LogP contribution is -2.32. The summed E-state index contributed by atoms with van der Waals surface area (Å²) in [5.74, 6) is 0. The summed E-state index contributed by atoms with van der Waals surface area (Å²) in [6.07, 6.45) is 0.779. The Balaban J connectivity index is 2.23. The van der Waals surface area contributed by atoms with Gasteiger partial charge in [-0.05, 0) is 13.3 Å². The standard InChI is InChI=1S/C6H12O3/c1-5-2-3-8-6(4-7)9-5/h5-7H,2-4H2,1H3. The van der Waals surface area contributed by atoms with Crippen LogP contribution < -0.4 is 0 Å². The van der Waals surface area contributed by atoms with Crippen LogP contribution in [0.2, 0.25) is 0 Å². The van der Waals surface area contributed by atoms with Crippen molar-refractivity contribution in [1.82, 2.24) is 0 Å². The fourth-order valence-electron chi connectivity index (χ4n) is 0.828. The molecule has 0 saturated carbocycles. The predicted molar refractivity (Wildman–Crippen MR) is 32.0 cm³/mol. The van der Waals surface area contributed by atoms with E-state index < -0.39 is 0 Å². The van der Waals surface area contributed by atoms with Crippen molar-refractivity contribution in [3.63, 3.8) is 0 Å². The average molecular weight is 132 g/mol. The number of aliphatic hydroxyl groups is 1. The summed E-state index contributed by atoms with van der Waals surface area (Å²) < 4.78 is 10.2. The third-order valence-corrected chi connectivity index (χ3v) is 1.36. The Morgan fingerprint density at radius 1 is 1.67 bits per heavy atom. The average Bonchev–Trinajstić information content (AvgIpc) is 1.88. The van der Waals surface area contributed by atoms with Crippen molar-refractivity contribution >= 4 is 0 Å². The van der Waals surface area contributed by atoms with Crippen LogP contribution in [0.15, 0.2) is 0 Å². The predicted octanol–water partition coefficient (Wildman–Crippen LogP) is 0.130. The van der Waals surface area contributed by atoms with Crippen molar-refractivity contribution in [1.29, 1.82) is 0 Å². The van der Waals surface area contributed by atoms with Gasteiger partial charge in [0.05, 0.1) is 19.3 Å². The molecule has 1 rings (SSSR count). The van der Waals surface area contributed by atoms with Crippen LogP contribution in [-0.4, -0.2) is 30.7 Å². The van der Waals surface area contributed by atoms with Crippen LogP contribution in [0.1, 0.15) is 13.3 Å². The van der Waals surface area contributed by atoms with E-state index in [-0.39, 0.29) is 19.0 Å².